The summed E-state index contributed by atoms with van der Waals surface area (Å²) in [5, 5.41) is 7.53. The summed E-state index contributed by atoms with van der Waals surface area (Å²) in [4.78, 5) is 1.39. The van der Waals surface area contributed by atoms with E-state index in [1.54, 1.807) is 6.92 Å². The topological polar surface area (TPSA) is 30.7 Å². The molecule has 62 valence electrons. The summed E-state index contributed by atoms with van der Waals surface area (Å²) in [5.74, 6) is -0.486. The number of hydrogen-bond donors (Lipinski definition) is 0. The van der Waals surface area contributed by atoms with Crippen molar-refractivity contribution in [3.05, 3.63) is 11.6 Å². The fourth-order valence-electron chi connectivity index (χ4n) is 0.661. The van der Waals surface area contributed by atoms with Crippen molar-refractivity contribution in [1.29, 1.82) is 0 Å². The second-order valence-electron chi connectivity index (χ2n) is 3.54. The van der Waals surface area contributed by atoms with Crippen LogP contribution in [0.15, 0.2) is 0 Å². The molecule has 1 aromatic heterocycles. The molecule has 0 atom stereocenters. The Bertz CT molecular complexity index is 240. The van der Waals surface area contributed by atoms with Gasteiger partial charge in [-0.05, 0) is 27.7 Å². The SMILES string of the molecule is Cc1nn(C(C)(C)C)nc1F. The van der Waals surface area contributed by atoms with Gasteiger partial charge in [-0.25, -0.2) is 0 Å². The Hall–Kier alpha value is -0.930. The minimum Gasteiger partial charge on any atom is -0.181 e. The van der Waals surface area contributed by atoms with Crippen molar-refractivity contribution in [3.63, 3.8) is 0 Å². The molecule has 0 spiro atoms. The molecule has 11 heavy (non-hydrogen) atoms. The van der Waals surface area contributed by atoms with Crippen molar-refractivity contribution >= 4 is 0 Å². The zero-order valence-corrected chi connectivity index (χ0v) is 7.22. The highest BCUT2D eigenvalue weighted by atomic mass is 19.1. The van der Waals surface area contributed by atoms with Crippen molar-refractivity contribution in [3.8, 4) is 0 Å². The zero-order chi connectivity index (χ0) is 8.65. The maximum atomic E-state index is 12.7. The molecule has 0 amide bonds. The number of halogens is 1. The molecule has 3 nitrogen and oxygen atoms in total. The molecule has 0 aliphatic rings. The Morgan fingerprint density at radius 1 is 1.27 bits per heavy atom. The normalized spacial score (nSPS) is 12.1. The summed E-state index contributed by atoms with van der Waals surface area (Å²) in [6, 6.07) is 0. The highest BCUT2D eigenvalue weighted by Gasteiger charge is 2.17. The molecular formula is C7H12FN3. The maximum Gasteiger partial charge on any atom is 0.255 e. The van der Waals surface area contributed by atoms with Crippen LogP contribution >= 0.6 is 0 Å². The predicted octanol–water partition coefficient (Wildman–Crippen LogP) is 1.48. The van der Waals surface area contributed by atoms with Gasteiger partial charge in [-0.2, -0.15) is 14.3 Å². The van der Waals surface area contributed by atoms with E-state index in [2.05, 4.69) is 10.2 Å². The van der Waals surface area contributed by atoms with Crippen LogP contribution in [0.2, 0.25) is 0 Å². The molecule has 0 fully saturated rings. The minimum absolute atomic E-state index is 0.241. The van der Waals surface area contributed by atoms with Gasteiger partial charge in [-0.1, -0.05) is 0 Å². The summed E-state index contributed by atoms with van der Waals surface area (Å²) >= 11 is 0. The first-order chi connectivity index (χ1) is 4.91. The first-order valence-electron chi connectivity index (χ1n) is 3.51. The molecular weight excluding hydrogens is 145 g/mol. The quantitative estimate of drug-likeness (QED) is 0.571. The van der Waals surface area contributed by atoms with Crippen molar-refractivity contribution in [1.82, 2.24) is 15.0 Å². The highest BCUT2D eigenvalue weighted by Crippen LogP contribution is 2.11. The standard InChI is InChI=1S/C7H12FN3/c1-5-6(8)10-11(9-5)7(2,3)4/h1-4H3. The van der Waals surface area contributed by atoms with Crippen LogP contribution in [0.5, 0.6) is 0 Å². The first kappa shape index (κ1) is 8.17. The molecule has 0 saturated heterocycles. The highest BCUT2D eigenvalue weighted by molar-refractivity contribution is 4.91. The molecule has 4 heteroatoms. The fraction of sp³-hybridized carbons (Fsp3) is 0.714. The monoisotopic (exact) mass is 157 g/mol. The number of aromatic nitrogens is 3. The number of rotatable bonds is 0. The average molecular weight is 157 g/mol. The average Bonchev–Trinajstić information content (AvgIpc) is 2.11. The van der Waals surface area contributed by atoms with Gasteiger partial charge in [0.15, 0.2) is 0 Å². The number of nitrogens with zero attached hydrogens (tertiary/aromatic N) is 3. The molecule has 0 unspecified atom stereocenters. The molecule has 0 bridgehead atoms. The summed E-state index contributed by atoms with van der Waals surface area (Å²) in [7, 11) is 0. The zero-order valence-electron chi connectivity index (χ0n) is 7.22. The third-order valence-electron chi connectivity index (χ3n) is 1.33. The lowest BCUT2D eigenvalue weighted by Crippen LogP contribution is -2.24. The molecule has 1 aromatic rings. The van der Waals surface area contributed by atoms with E-state index in [0.717, 1.165) is 0 Å². The fourth-order valence-corrected chi connectivity index (χ4v) is 0.661. The third-order valence-corrected chi connectivity index (χ3v) is 1.33. The Labute approximate surface area is 65.2 Å². The van der Waals surface area contributed by atoms with Gasteiger partial charge in [0, 0.05) is 0 Å². The van der Waals surface area contributed by atoms with E-state index in [4.69, 9.17) is 0 Å². The Morgan fingerprint density at radius 2 is 1.82 bits per heavy atom. The first-order valence-corrected chi connectivity index (χ1v) is 3.51. The molecule has 1 heterocycles. The van der Waals surface area contributed by atoms with Crippen LogP contribution in [0.1, 0.15) is 26.5 Å². The van der Waals surface area contributed by atoms with Crippen LogP contribution < -0.4 is 0 Å². The molecule has 0 saturated carbocycles. The van der Waals surface area contributed by atoms with Gasteiger partial charge in [0.1, 0.15) is 5.69 Å². The van der Waals surface area contributed by atoms with Gasteiger partial charge in [-0.15, -0.1) is 5.10 Å². The number of aryl methyl sites for hydroxylation is 1. The van der Waals surface area contributed by atoms with E-state index in [1.807, 2.05) is 20.8 Å². The third kappa shape index (κ3) is 1.56. The Kier molecular flexibility index (Phi) is 1.70. The number of hydrogen-bond acceptors (Lipinski definition) is 2. The van der Waals surface area contributed by atoms with Gasteiger partial charge in [0.25, 0.3) is 5.95 Å². The molecule has 0 aromatic carbocycles. The second-order valence-corrected chi connectivity index (χ2v) is 3.54. The lowest BCUT2D eigenvalue weighted by molar-refractivity contribution is 0.303. The maximum absolute atomic E-state index is 12.7. The van der Waals surface area contributed by atoms with Crippen LogP contribution in [0.4, 0.5) is 4.39 Å². The minimum atomic E-state index is -0.486. The van der Waals surface area contributed by atoms with Crippen LogP contribution in [0, 0.1) is 12.9 Å². The van der Waals surface area contributed by atoms with E-state index >= 15 is 0 Å². The largest absolute Gasteiger partial charge is 0.255 e. The van der Waals surface area contributed by atoms with Crippen molar-refractivity contribution in [2.24, 2.45) is 0 Å². The van der Waals surface area contributed by atoms with Gasteiger partial charge in [0.05, 0.1) is 5.54 Å². The summed E-state index contributed by atoms with van der Waals surface area (Å²) in [5.41, 5.74) is 0.106. The van der Waals surface area contributed by atoms with E-state index < -0.39 is 5.95 Å². The predicted molar refractivity (Wildman–Crippen MR) is 39.7 cm³/mol. The van der Waals surface area contributed by atoms with Crippen LogP contribution in [-0.4, -0.2) is 15.0 Å². The molecule has 1 rings (SSSR count). The Morgan fingerprint density at radius 3 is 2.00 bits per heavy atom. The molecule has 0 N–H and O–H groups in total. The van der Waals surface area contributed by atoms with E-state index in [0.29, 0.717) is 5.69 Å². The summed E-state index contributed by atoms with van der Waals surface area (Å²) < 4.78 is 12.7. The molecule has 0 aliphatic carbocycles. The lowest BCUT2D eigenvalue weighted by atomic mass is 10.1. The lowest BCUT2D eigenvalue weighted by Gasteiger charge is -2.16. The van der Waals surface area contributed by atoms with Crippen LogP contribution in [-0.2, 0) is 5.54 Å². The molecule has 0 radical (unpaired) electrons. The molecule has 0 aliphatic heterocycles. The van der Waals surface area contributed by atoms with Gasteiger partial charge >= 0.3 is 0 Å². The van der Waals surface area contributed by atoms with Gasteiger partial charge < -0.3 is 0 Å². The van der Waals surface area contributed by atoms with Crippen molar-refractivity contribution in [2.75, 3.05) is 0 Å². The van der Waals surface area contributed by atoms with Gasteiger partial charge in [0.2, 0.25) is 0 Å². The van der Waals surface area contributed by atoms with Crippen LogP contribution in [0.3, 0.4) is 0 Å². The second kappa shape index (κ2) is 2.29. The summed E-state index contributed by atoms with van der Waals surface area (Å²) in [6.45, 7) is 7.37. The van der Waals surface area contributed by atoms with Crippen molar-refractivity contribution < 1.29 is 4.39 Å². The van der Waals surface area contributed by atoms with E-state index in [9.17, 15) is 4.39 Å². The van der Waals surface area contributed by atoms with E-state index in [-0.39, 0.29) is 5.54 Å². The van der Waals surface area contributed by atoms with Gasteiger partial charge in [-0.3, -0.25) is 0 Å². The summed E-state index contributed by atoms with van der Waals surface area (Å²) in [6.07, 6.45) is 0. The Balaban J connectivity index is 3.08. The smallest absolute Gasteiger partial charge is 0.181 e. The van der Waals surface area contributed by atoms with Crippen molar-refractivity contribution in [2.45, 2.75) is 33.2 Å². The van der Waals surface area contributed by atoms with Crippen LogP contribution in [0.25, 0.3) is 0 Å². The van der Waals surface area contributed by atoms with E-state index in [1.165, 1.54) is 4.80 Å².